The number of hydrogen-bond donors (Lipinski definition) is 2. The fourth-order valence-corrected chi connectivity index (χ4v) is 2.80. The van der Waals surface area contributed by atoms with E-state index in [-0.39, 0.29) is 6.10 Å². The first-order valence-electron chi connectivity index (χ1n) is 5.00. The maximum absolute atomic E-state index is 9.99. The van der Waals surface area contributed by atoms with Crippen molar-refractivity contribution in [1.82, 2.24) is 0 Å². The van der Waals surface area contributed by atoms with E-state index in [1.165, 1.54) is 0 Å². The molecule has 0 saturated heterocycles. The van der Waals surface area contributed by atoms with Crippen LogP contribution in [0, 0.1) is 11.8 Å². The molecule has 0 aromatic carbocycles. The fourth-order valence-electron chi connectivity index (χ4n) is 2.80. The lowest BCUT2D eigenvalue weighted by atomic mass is 9.64. The van der Waals surface area contributed by atoms with E-state index in [2.05, 4.69) is 0 Å². The van der Waals surface area contributed by atoms with E-state index in [9.17, 15) is 10.2 Å². The average Bonchev–Trinajstić information content (AvgIpc) is 2.02. The predicted molar refractivity (Wildman–Crippen MR) is 46.7 cm³/mol. The predicted octanol–water partition coefficient (Wildman–Crippen LogP) is 1.31. The summed E-state index contributed by atoms with van der Waals surface area (Å²) in [6.45, 7) is 1.95. The molecule has 2 aliphatic rings. The molecule has 0 heterocycles. The third-order valence-corrected chi connectivity index (χ3v) is 3.84. The first kappa shape index (κ1) is 8.52. The minimum atomic E-state index is -0.448. The van der Waals surface area contributed by atoms with Gasteiger partial charge in [0.05, 0.1) is 11.7 Å². The van der Waals surface area contributed by atoms with Crippen molar-refractivity contribution >= 4 is 0 Å². The summed E-state index contributed by atoms with van der Waals surface area (Å²) >= 11 is 0. The molecule has 0 aliphatic heterocycles. The van der Waals surface area contributed by atoms with E-state index >= 15 is 0 Å². The number of hydrogen-bond acceptors (Lipinski definition) is 2. The largest absolute Gasteiger partial charge is 0.393 e. The molecule has 0 aromatic rings. The molecule has 4 atom stereocenters. The van der Waals surface area contributed by atoms with E-state index < -0.39 is 5.60 Å². The van der Waals surface area contributed by atoms with Crippen molar-refractivity contribution in [3.63, 3.8) is 0 Å². The van der Waals surface area contributed by atoms with Crippen LogP contribution >= 0.6 is 0 Å². The van der Waals surface area contributed by atoms with Crippen LogP contribution in [0.3, 0.4) is 0 Å². The second kappa shape index (κ2) is 2.71. The van der Waals surface area contributed by atoms with Crippen molar-refractivity contribution in [2.24, 2.45) is 11.8 Å². The summed E-state index contributed by atoms with van der Waals surface area (Å²) in [7, 11) is 0. The first-order chi connectivity index (χ1) is 5.59. The zero-order valence-electron chi connectivity index (χ0n) is 7.66. The number of aliphatic hydroxyl groups excluding tert-OH is 1. The van der Waals surface area contributed by atoms with Crippen LogP contribution in [0.1, 0.15) is 39.0 Å². The van der Waals surface area contributed by atoms with Gasteiger partial charge in [-0.3, -0.25) is 0 Å². The number of aliphatic hydroxyl groups is 2. The van der Waals surface area contributed by atoms with Crippen molar-refractivity contribution in [3.8, 4) is 0 Å². The maximum Gasteiger partial charge on any atom is 0.0648 e. The second-order valence-corrected chi connectivity index (χ2v) is 4.73. The molecule has 0 unspecified atom stereocenters. The summed E-state index contributed by atoms with van der Waals surface area (Å²) in [5.41, 5.74) is -0.448. The highest BCUT2D eigenvalue weighted by atomic mass is 16.3. The quantitative estimate of drug-likeness (QED) is 0.575. The Balaban J connectivity index is 2.09. The van der Waals surface area contributed by atoms with Crippen molar-refractivity contribution in [1.29, 1.82) is 0 Å². The lowest BCUT2D eigenvalue weighted by Gasteiger charge is -2.46. The Morgan fingerprint density at radius 1 is 1.25 bits per heavy atom. The highest BCUT2D eigenvalue weighted by molar-refractivity contribution is 4.94. The molecule has 2 bridgehead atoms. The lowest BCUT2D eigenvalue weighted by molar-refractivity contribution is -0.0959. The second-order valence-electron chi connectivity index (χ2n) is 4.73. The first-order valence-corrected chi connectivity index (χ1v) is 5.00. The molecular weight excluding hydrogens is 152 g/mol. The van der Waals surface area contributed by atoms with E-state index in [4.69, 9.17) is 0 Å². The lowest BCUT2D eigenvalue weighted by Crippen LogP contribution is -2.46. The molecular formula is C10H18O2. The molecule has 0 spiro atoms. The van der Waals surface area contributed by atoms with Crippen LogP contribution in [0.2, 0.25) is 0 Å². The van der Waals surface area contributed by atoms with Crippen LogP contribution < -0.4 is 0 Å². The Hall–Kier alpha value is -0.0800. The summed E-state index contributed by atoms with van der Waals surface area (Å²) < 4.78 is 0. The van der Waals surface area contributed by atoms with Crippen LogP contribution in [0.4, 0.5) is 0 Å². The molecule has 0 amide bonds. The van der Waals surface area contributed by atoms with Gasteiger partial charge in [0, 0.05) is 0 Å². The van der Waals surface area contributed by atoms with Gasteiger partial charge in [0.1, 0.15) is 0 Å². The van der Waals surface area contributed by atoms with Crippen LogP contribution in [0.5, 0.6) is 0 Å². The molecule has 12 heavy (non-hydrogen) atoms. The minimum absolute atomic E-state index is 0.0858. The molecule has 2 heteroatoms. The highest BCUT2D eigenvalue weighted by Gasteiger charge is 2.43. The van der Waals surface area contributed by atoms with Gasteiger partial charge in [0.25, 0.3) is 0 Å². The van der Waals surface area contributed by atoms with Crippen LogP contribution in [0.25, 0.3) is 0 Å². The number of fused-ring (bicyclic) bond motifs is 2. The van der Waals surface area contributed by atoms with Gasteiger partial charge in [-0.05, 0) is 50.9 Å². The summed E-state index contributed by atoms with van der Waals surface area (Å²) in [5.74, 6) is 0.920. The zero-order valence-corrected chi connectivity index (χ0v) is 7.66. The van der Waals surface area contributed by atoms with Crippen molar-refractivity contribution in [2.75, 3.05) is 0 Å². The van der Waals surface area contributed by atoms with Crippen LogP contribution in [0.15, 0.2) is 0 Å². The molecule has 2 saturated carbocycles. The average molecular weight is 170 g/mol. The van der Waals surface area contributed by atoms with Crippen LogP contribution in [-0.2, 0) is 0 Å². The van der Waals surface area contributed by atoms with Gasteiger partial charge in [-0.15, -0.1) is 0 Å². The van der Waals surface area contributed by atoms with Gasteiger partial charge in [-0.25, -0.2) is 0 Å². The Bertz CT molecular complexity index is 177. The fraction of sp³-hybridized carbons (Fsp3) is 1.00. The van der Waals surface area contributed by atoms with Gasteiger partial charge < -0.3 is 10.2 Å². The van der Waals surface area contributed by atoms with Gasteiger partial charge in [-0.2, -0.15) is 0 Å². The third kappa shape index (κ3) is 1.27. The Kier molecular flexibility index (Phi) is 1.92. The van der Waals surface area contributed by atoms with Crippen molar-refractivity contribution < 1.29 is 10.2 Å². The zero-order chi connectivity index (χ0) is 8.77. The number of rotatable bonds is 0. The summed E-state index contributed by atoms with van der Waals surface area (Å²) in [6.07, 6.45) is 4.73. The van der Waals surface area contributed by atoms with Gasteiger partial charge in [-0.1, -0.05) is 0 Å². The molecule has 0 radical (unpaired) electrons. The summed E-state index contributed by atoms with van der Waals surface area (Å²) in [4.78, 5) is 0. The normalized spacial score (nSPS) is 53.8. The smallest absolute Gasteiger partial charge is 0.0648 e. The Labute approximate surface area is 73.6 Å². The minimum Gasteiger partial charge on any atom is -0.393 e. The van der Waals surface area contributed by atoms with Crippen LogP contribution in [-0.4, -0.2) is 21.9 Å². The third-order valence-electron chi connectivity index (χ3n) is 3.84. The van der Waals surface area contributed by atoms with E-state index in [1.54, 1.807) is 0 Å². The summed E-state index contributed by atoms with van der Waals surface area (Å²) in [5, 5.41) is 19.6. The van der Waals surface area contributed by atoms with Crippen molar-refractivity contribution in [3.05, 3.63) is 0 Å². The van der Waals surface area contributed by atoms with Crippen molar-refractivity contribution in [2.45, 2.75) is 50.7 Å². The van der Waals surface area contributed by atoms with Gasteiger partial charge in [0.2, 0.25) is 0 Å². The molecule has 0 aromatic heterocycles. The Morgan fingerprint density at radius 2 is 2.00 bits per heavy atom. The maximum atomic E-state index is 9.99. The molecule has 70 valence electrons. The van der Waals surface area contributed by atoms with E-state index in [0.717, 1.165) is 32.1 Å². The topological polar surface area (TPSA) is 40.5 Å². The molecule has 2 N–H and O–H groups in total. The molecule has 2 rings (SSSR count). The monoisotopic (exact) mass is 170 g/mol. The summed E-state index contributed by atoms with van der Waals surface area (Å²) in [6, 6.07) is 0. The molecule has 2 aliphatic carbocycles. The molecule has 2 nitrogen and oxygen atoms in total. The van der Waals surface area contributed by atoms with Gasteiger partial charge >= 0.3 is 0 Å². The highest BCUT2D eigenvalue weighted by Crippen LogP contribution is 2.45. The van der Waals surface area contributed by atoms with E-state index in [1.807, 2.05) is 6.92 Å². The van der Waals surface area contributed by atoms with E-state index in [0.29, 0.717) is 11.8 Å². The Morgan fingerprint density at radius 3 is 2.75 bits per heavy atom. The molecule has 2 fully saturated rings. The standard InChI is InChI=1S/C10H18O2/c1-10(12)5-4-7-6-8(10)2-3-9(7)11/h7-9,11-12H,2-6H2,1H3/t7-,8-,9+,10-/m1/s1. The van der Waals surface area contributed by atoms with Gasteiger partial charge in [0.15, 0.2) is 0 Å². The SMILES string of the molecule is C[C@@]1(O)CC[C@@H]2C[C@H]1CC[C@@H]2O.